The molecule has 0 unspecified atom stereocenters. The van der Waals surface area contributed by atoms with Gasteiger partial charge < -0.3 is 4.74 Å². The second-order valence-corrected chi connectivity index (χ2v) is 8.25. The molecule has 1 amide bonds. The van der Waals surface area contributed by atoms with Gasteiger partial charge in [0.25, 0.3) is 5.91 Å². The van der Waals surface area contributed by atoms with E-state index in [0.717, 1.165) is 16.9 Å². The number of thioether (sulfide) groups is 1. The largest absolute Gasteiger partial charge is 0.489 e. The number of hydrogen-bond acceptors (Lipinski definition) is 5. The number of ether oxygens (including phenoxy) is 1. The van der Waals surface area contributed by atoms with Gasteiger partial charge in [0.2, 0.25) is 0 Å². The first-order valence-corrected chi connectivity index (χ1v) is 11.0. The Hall–Kier alpha value is -3.64. The highest BCUT2D eigenvalue weighted by molar-refractivity contribution is 8.18. The monoisotopic (exact) mass is 441 g/mol. The van der Waals surface area contributed by atoms with Gasteiger partial charge in [-0.2, -0.15) is 0 Å². The van der Waals surface area contributed by atoms with Crippen molar-refractivity contribution in [3.8, 4) is 5.75 Å². The lowest BCUT2D eigenvalue weighted by Gasteiger charge is -2.12. The molecular formula is C26H23N3O2S. The fourth-order valence-corrected chi connectivity index (χ4v) is 4.09. The van der Waals surface area contributed by atoms with Crippen molar-refractivity contribution < 1.29 is 9.53 Å². The second kappa shape index (κ2) is 10.1. The summed E-state index contributed by atoms with van der Waals surface area (Å²) in [6.07, 6.45) is 5.23. The first-order valence-electron chi connectivity index (χ1n) is 10.2. The van der Waals surface area contributed by atoms with Crippen LogP contribution >= 0.6 is 11.8 Å². The van der Waals surface area contributed by atoms with E-state index >= 15 is 0 Å². The maximum atomic E-state index is 13.0. The molecule has 0 saturated carbocycles. The number of pyridine rings is 1. The molecule has 0 atom stereocenters. The Labute approximate surface area is 192 Å². The van der Waals surface area contributed by atoms with Gasteiger partial charge in [-0.05, 0) is 60.2 Å². The highest BCUT2D eigenvalue weighted by Gasteiger charge is 2.32. The SMILES string of the molecule is C=CCN1C(=O)/C(=C/c2cccc(OCc3ccc(C)cc3)c2)S/C1=N/c1ccccn1. The van der Waals surface area contributed by atoms with Crippen LogP contribution in [0.4, 0.5) is 5.82 Å². The third kappa shape index (κ3) is 5.34. The van der Waals surface area contributed by atoms with Crippen LogP contribution < -0.4 is 4.74 Å². The third-order valence-corrected chi connectivity index (χ3v) is 5.75. The number of aryl methyl sites for hydroxylation is 1. The normalized spacial score (nSPS) is 16.0. The molecule has 2 aromatic carbocycles. The molecule has 1 aliphatic rings. The molecule has 4 rings (SSSR count). The summed E-state index contributed by atoms with van der Waals surface area (Å²) < 4.78 is 5.95. The molecule has 0 spiro atoms. The third-order valence-electron chi connectivity index (χ3n) is 4.74. The maximum absolute atomic E-state index is 13.0. The molecule has 1 saturated heterocycles. The number of aromatic nitrogens is 1. The quantitative estimate of drug-likeness (QED) is 0.346. The van der Waals surface area contributed by atoms with Gasteiger partial charge in [-0.3, -0.25) is 9.69 Å². The van der Waals surface area contributed by atoms with Crippen molar-refractivity contribution in [3.05, 3.63) is 107 Å². The number of carbonyl (C=O) groups is 1. The summed E-state index contributed by atoms with van der Waals surface area (Å²) in [5.74, 6) is 1.21. The summed E-state index contributed by atoms with van der Waals surface area (Å²) in [5.41, 5.74) is 3.22. The predicted octanol–water partition coefficient (Wildman–Crippen LogP) is 5.76. The number of rotatable bonds is 7. The number of nitrogens with zero attached hydrogens (tertiary/aromatic N) is 3. The number of aliphatic imine (C=N–C) groups is 1. The molecule has 1 fully saturated rings. The zero-order chi connectivity index (χ0) is 22.3. The average Bonchev–Trinajstić information content (AvgIpc) is 3.09. The summed E-state index contributed by atoms with van der Waals surface area (Å²) in [7, 11) is 0. The van der Waals surface area contributed by atoms with Crippen molar-refractivity contribution in [2.45, 2.75) is 13.5 Å². The van der Waals surface area contributed by atoms with E-state index in [1.165, 1.54) is 17.3 Å². The zero-order valence-corrected chi connectivity index (χ0v) is 18.6. The van der Waals surface area contributed by atoms with E-state index in [1.807, 2.05) is 42.5 Å². The molecule has 2 heterocycles. The molecule has 0 bridgehead atoms. The van der Waals surface area contributed by atoms with E-state index in [4.69, 9.17) is 4.74 Å². The highest BCUT2D eigenvalue weighted by atomic mass is 32.2. The van der Waals surface area contributed by atoms with Gasteiger partial charge in [0.05, 0.1) is 4.91 Å². The summed E-state index contributed by atoms with van der Waals surface area (Å²) in [4.78, 5) is 24.0. The first kappa shape index (κ1) is 21.6. The molecule has 5 nitrogen and oxygen atoms in total. The minimum absolute atomic E-state index is 0.101. The van der Waals surface area contributed by atoms with Crippen LogP contribution in [0.15, 0.2) is 95.5 Å². The molecule has 1 aromatic heterocycles. The Bertz CT molecular complexity index is 1170. The van der Waals surface area contributed by atoms with Crippen LogP contribution in [0.3, 0.4) is 0 Å². The van der Waals surface area contributed by atoms with Crippen LogP contribution in [-0.2, 0) is 11.4 Å². The molecule has 0 radical (unpaired) electrons. The van der Waals surface area contributed by atoms with Crippen LogP contribution in [0.5, 0.6) is 5.75 Å². The Morgan fingerprint density at radius 3 is 2.72 bits per heavy atom. The molecule has 160 valence electrons. The smallest absolute Gasteiger partial charge is 0.267 e. The number of carbonyl (C=O) groups excluding carboxylic acids is 1. The molecule has 3 aromatic rings. The summed E-state index contributed by atoms with van der Waals surface area (Å²) in [6.45, 7) is 6.69. The average molecular weight is 442 g/mol. The molecule has 32 heavy (non-hydrogen) atoms. The number of amidine groups is 1. The number of amides is 1. The topological polar surface area (TPSA) is 54.8 Å². The van der Waals surface area contributed by atoms with Crippen LogP contribution in [0, 0.1) is 6.92 Å². The van der Waals surface area contributed by atoms with E-state index in [-0.39, 0.29) is 5.91 Å². The molecule has 6 heteroatoms. The van der Waals surface area contributed by atoms with E-state index < -0.39 is 0 Å². The fourth-order valence-electron chi connectivity index (χ4n) is 3.10. The van der Waals surface area contributed by atoms with Gasteiger partial charge >= 0.3 is 0 Å². The second-order valence-electron chi connectivity index (χ2n) is 7.24. The van der Waals surface area contributed by atoms with Crippen LogP contribution in [0.1, 0.15) is 16.7 Å². The van der Waals surface area contributed by atoms with Gasteiger partial charge in [0.1, 0.15) is 12.4 Å². The number of hydrogen-bond donors (Lipinski definition) is 0. The zero-order valence-electron chi connectivity index (χ0n) is 17.8. The Morgan fingerprint density at radius 1 is 1.12 bits per heavy atom. The Morgan fingerprint density at radius 2 is 1.97 bits per heavy atom. The Kier molecular flexibility index (Phi) is 6.82. The predicted molar refractivity (Wildman–Crippen MR) is 131 cm³/mol. The van der Waals surface area contributed by atoms with Crippen molar-refractivity contribution >= 4 is 34.7 Å². The van der Waals surface area contributed by atoms with Crippen LogP contribution in [-0.4, -0.2) is 27.5 Å². The van der Waals surface area contributed by atoms with Crippen molar-refractivity contribution in [3.63, 3.8) is 0 Å². The lowest BCUT2D eigenvalue weighted by molar-refractivity contribution is -0.121. The molecule has 0 aliphatic carbocycles. The standard InChI is InChI=1S/C26H23N3O2S/c1-3-15-29-25(30)23(32-26(29)28-24-9-4-5-14-27-24)17-21-7-6-8-22(16-21)31-18-20-12-10-19(2)11-13-20/h3-14,16-17H,1,15,18H2,2H3/b23-17-,28-26+. The van der Waals surface area contributed by atoms with Gasteiger partial charge in [-0.15, -0.1) is 6.58 Å². The lowest BCUT2D eigenvalue weighted by Crippen LogP contribution is -2.29. The van der Waals surface area contributed by atoms with Gasteiger partial charge in [-0.1, -0.05) is 54.1 Å². The minimum Gasteiger partial charge on any atom is -0.489 e. The van der Waals surface area contributed by atoms with E-state index in [2.05, 4.69) is 47.7 Å². The van der Waals surface area contributed by atoms with E-state index in [9.17, 15) is 4.79 Å². The van der Waals surface area contributed by atoms with Crippen molar-refractivity contribution in [1.82, 2.24) is 9.88 Å². The maximum Gasteiger partial charge on any atom is 0.267 e. The van der Waals surface area contributed by atoms with Crippen LogP contribution in [0.2, 0.25) is 0 Å². The van der Waals surface area contributed by atoms with Crippen LogP contribution in [0.25, 0.3) is 6.08 Å². The van der Waals surface area contributed by atoms with Crippen molar-refractivity contribution in [2.24, 2.45) is 4.99 Å². The summed E-state index contributed by atoms with van der Waals surface area (Å²) >= 11 is 1.33. The summed E-state index contributed by atoms with van der Waals surface area (Å²) in [6, 6.07) is 21.5. The van der Waals surface area contributed by atoms with E-state index in [1.54, 1.807) is 23.2 Å². The Balaban J connectivity index is 1.53. The van der Waals surface area contributed by atoms with Gasteiger partial charge in [-0.25, -0.2) is 9.98 Å². The fraction of sp³-hybridized carbons (Fsp3) is 0.115. The van der Waals surface area contributed by atoms with Crippen molar-refractivity contribution in [1.29, 1.82) is 0 Å². The van der Waals surface area contributed by atoms with Crippen molar-refractivity contribution in [2.75, 3.05) is 6.54 Å². The first-order chi connectivity index (χ1) is 15.6. The molecule has 1 aliphatic heterocycles. The van der Waals surface area contributed by atoms with Gasteiger partial charge in [0.15, 0.2) is 11.0 Å². The summed E-state index contributed by atoms with van der Waals surface area (Å²) in [5, 5.41) is 0.589. The molecule has 0 N–H and O–H groups in total. The molecular weight excluding hydrogens is 418 g/mol. The van der Waals surface area contributed by atoms with Gasteiger partial charge in [0, 0.05) is 12.7 Å². The van der Waals surface area contributed by atoms with E-state index in [0.29, 0.717) is 29.0 Å². The highest BCUT2D eigenvalue weighted by Crippen LogP contribution is 2.34. The minimum atomic E-state index is -0.101. The number of benzene rings is 2. The lowest BCUT2D eigenvalue weighted by atomic mass is 10.1.